The van der Waals surface area contributed by atoms with E-state index in [1.165, 1.54) is 6.07 Å². The van der Waals surface area contributed by atoms with Gasteiger partial charge >= 0.3 is 5.97 Å². The van der Waals surface area contributed by atoms with Gasteiger partial charge in [0, 0.05) is 9.47 Å². The second-order valence-corrected chi connectivity index (χ2v) is 11.2. The fourth-order valence-electron chi connectivity index (χ4n) is 2.76. The van der Waals surface area contributed by atoms with Gasteiger partial charge in [-0.25, -0.2) is 35.2 Å². The van der Waals surface area contributed by atoms with Crippen LogP contribution in [0, 0.1) is 32.7 Å². The summed E-state index contributed by atoms with van der Waals surface area (Å²) in [6, 6.07) is 7.04. The minimum absolute atomic E-state index is 0.0290. The summed E-state index contributed by atoms with van der Waals surface area (Å²) in [5.41, 5.74) is -0.526. The number of hydrogen-bond acceptors (Lipinski definition) is 9. The molecule has 0 radical (unpaired) electrons. The van der Waals surface area contributed by atoms with E-state index in [-0.39, 0.29) is 15.1 Å². The summed E-state index contributed by atoms with van der Waals surface area (Å²) in [5.74, 6) is -15.9. The number of ether oxygens (including phenoxy) is 2. The zero-order valence-corrected chi connectivity index (χ0v) is 22.2. The highest BCUT2D eigenvalue weighted by Crippen LogP contribution is 2.28. The summed E-state index contributed by atoms with van der Waals surface area (Å²) in [5, 5.41) is 12.2. The molecule has 0 fully saturated rings. The van der Waals surface area contributed by atoms with Crippen molar-refractivity contribution in [2.75, 3.05) is 6.61 Å². The molecule has 3 rings (SSSR count). The molecule has 0 N–H and O–H groups in total. The van der Waals surface area contributed by atoms with Gasteiger partial charge in [0.2, 0.25) is 5.82 Å². The van der Waals surface area contributed by atoms with Gasteiger partial charge in [-0.15, -0.1) is 0 Å². The van der Waals surface area contributed by atoms with Gasteiger partial charge in [-0.1, -0.05) is 12.1 Å². The topological polar surface area (TPSA) is 162 Å². The first-order chi connectivity index (χ1) is 18.0. The van der Waals surface area contributed by atoms with Crippen LogP contribution in [0.5, 0.6) is 11.5 Å². The molecule has 0 amide bonds. The monoisotopic (exact) mass is 705 g/mol. The third-order valence-corrected chi connectivity index (χ3v) is 7.93. The smallest absolute Gasteiger partial charge is 0.349 e. The molecule has 18 heteroatoms. The summed E-state index contributed by atoms with van der Waals surface area (Å²) in [4.78, 5) is 9.19. The van der Waals surface area contributed by atoms with E-state index in [1.54, 1.807) is 22.6 Å². The Balaban J connectivity index is 1.71. The number of esters is 1. The molecule has 10 nitrogen and oxygen atoms in total. The molecule has 0 bridgehead atoms. The molecule has 0 aliphatic rings. The number of nitrogens with zero attached hydrogens (tertiary/aromatic N) is 1. The van der Waals surface area contributed by atoms with E-state index < -0.39 is 83.1 Å². The summed E-state index contributed by atoms with van der Waals surface area (Å²) in [6.45, 7) is -0.685. The molecular weight excluding hydrogens is 696 g/mol. The number of carbonyl (C=O) groups is 1. The second kappa shape index (κ2) is 11.4. The van der Waals surface area contributed by atoms with Gasteiger partial charge in [0.25, 0.3) is 10.0 Å². The summed E-state index contributed by atoms with van der Waals surface area (Å²) >= 11 is 1.58. The minimum atomic E-state index is -5.68. The first kappa shape index (κ1) is 30.2. The summed E-state index contributed by atoms with van der Waals surface area (Å²) in [7, 11) is -10.4. The third kappa shape index (κ3) is 6.81. The fraction of sp³-hybridized carbons (Fsp3) is 0.0476. The SMILES string of the molecule is O=C(COc1ccc(S(=O)(=O)[O-])c(I)c1)Oc1ccc(/C([O-])=N/S(=O)(=O)c2c(F)c(F)c(F)c(F)c2F)cc1. The Labute approximate surface area is 229 Å². The lowest BCUT2D eigenvalue weighted by Gasteiger charge is -2.13. The second-order valence-electron chi connectivity index (χ2n) is 7.10. The Morgan fingerprint density at radius 1 is 0.846 bits per heavy atom. The van der Waals surface area contributed by atoms with Crippen LogP contribution >= 0.6 is 22.6 Å². The Hall–Kier alpha value is -3.36. The Bertz CT molecular complexity index is 1690. The zero-order chi connectivity index (χ0) is 29.3. The van der Waals surface area contributed by atoms with Gasteiger partial charge in [-0.2, -0.15) is 12.8 Å². The number of carbonyl (C=O) groups excluding carboxylic acids is 1. The maximum atomic E-state index is 13.8. The van der Waals surface area contributed by atoms with E-state index in [1.807, 2.05) is 0 Å². The Morgan fingerprint density at radius 2 is 1.36 bits per heavy atom. The van der Waals surface area contributed by atoms with Gasteiger partial charge in [0.05, 0.1) is 4.90 Å². The molecule has 0 aliphatic carbocycles. The Morgan fingerprint density at radius 3 is 1.87 bits per heavy atom. The molecule has 3 aromatic carbocycles. The van der Waals surface area contributed by atoms with E-state index in [0.29, 0.717) is 0 Å². The van der Waals surface area contributed by atoms with Crippen LogP contribution < -0.4 is 14.6 Å². The van der Waals surface area contributed by atoms with Gasteiger partial charge in [-0.05, 0) is 58.5 Å². The molecule has 0 spiro atoms. The normalized spacial score (nSPS) is 12.3. The Kier molecular flexibility index (Phi) is 8.82. The van der Waals surface area contributed by atoms with Crippen molar-refractivity contribution in [2.24, 2.45) is 4.40 Å². The maximum absolute atomic E-state index is 13.8. The molecule has 0 aromatic heterocycles. The highest BCUT2D eigenvalue weighted by molar-refractivity contribution is 14.1. The van der Waals surface area contributed by atoms with Crippen molar-refractivity contribution in [2.45, 2.75) is 9.79 Å². The van der Waals surface area contributed by atoms with Crippen molar-refractivity contribution in [1.29, 1.82) is 0 Å². The van der Waals surface area contributed by atoms with Crippen LogP contribution in [0.25, 0.3) is 0 Å². The molecule has 208 valence electrons. The van der Waals surface area contributed by atoms with Crippen molar-refractivity contribution in [3.05, 3.63) is 80.7 Å². The molecule has 0 heterocycles. The van der Waals surface area contributed by atoms with Gasteiger partial charge < -0.3 is 19.1 Å². The zero-order valence-electron chi connectivity index (χ0n) is 18.5. The van der Waals surface area contributed by atoms with Gasteiger partial charge in [0.1, 0.15) is 21.6 Å². The van der Waals surface area contributed by atoms with E-state index in [4.69, 9.17) is 9.47 Å². The number of sulfonamides is 1. The van der Waals surface area contributed by atoms with Crippen molar-refractivity contribution in [3.63, 3.8) is 0 Å². The molecular formula is C21H9F5INO9S2-2. The molecule has 0 saturated carbocycles. The average Bonchev–Trinajstić information content (AvgIpc) is 2.84. The quantitative estimate of drug-likeness (QED) is 0.0394. The predicted octanol–water partition coefficient (Wildman–Crippen LogP) is 2.37. The van der Waals surface area contributed by atoms with E-state index in [0.717, 1.165) is 36.4 Å². The molecule has 0 aliphatic heterocycles. The fourth-order valence-corrected chi connectivity index (χ4v) is 5.64. The first-order valence-corrected chi connectivity index (χ1v) is 13.7. The average molecular weight is 705 g/mol. The largest absolute Gasteiger partial charge is 0.858 e. The first-order valence-electron chi connectivity index (χ1n) is 9.75. The third-order valence-electron chi connectivity index (χ3n) is 4.49. The molecule has 0 atom stereocenters. The number of hydrogen-bond donors (Lipinski definition) is 0. The summed E-state index contributed by atoms with van der Waals surface area (Å²) in [6.07, 6.45) is 0. The van der Waals surface area contributed by atoms with Crippen LogP contribution in [0.2, 0.25) is 0 Å². The predicted molar refractivity (Wildman–Crippen MR) is 125 cm³/mol. The maximum Gasteiger partial charge on any atom is 0.349 e. The van der Waals surface area contributed by atoms with Crippen molar-refractivity contribution < 1.29 is 62.7 Å². The van der Waals surface area contributed by atoms with Crippen LogP contribution in [0.1, 0.15) is 5.56 Å². The van der Waals surface area contributed by atoms with Crippen molar-refractivity contribution in [3.8, 4) is 11.5 Å². The van der Waals surface area contributed by atoms with Crippen molar-refractivity contribution >= 4 is 54.6 Å². The van der Waals surface area contributed by atoms with Crippen molar-refractivity contribution in [1.82, 2.24) is 0 Å². The number of benzene rings is 3. The van der Waals surface area contributed by atoms with E-state index in [9.17, 15) is 53.2 Å². The lowest BCUT2D eigenvalue weighted by molar-refractivity contribution is -0.212. The van der Waals surface area contributed by atoms with Crippen LogP contribution in [0.3, 0.4) is 0 Å². The van der Waals surface area contributed by atoms with Crippen LogP contribution in [0.15, 0.2) is 56.7 Å². The lowest BCUT2D eigenvalue weighted by atomic mass is 10.2. The minimum Gasteiger partial charge on any atom is -0.858 e. The van der Waals surface area contributed by atoms with E-state index >= 15 is 0 Å². The molecule has 39 heavy (non-hydrogen) atoms. The van der Waals surface area contributed by atoms with Gasteiger partial charge in [0.15, 0.2) is 34.8 Å². The molecule has 0 saturated heterocycles. The number of halogens is 6. The molecule has 3 aromatic rings. The molecule has 0 unspecified atom stereocenters. The number of rotatable bonds is 8. The highest BCUT2D eigenvalue weighted by Gasteiger charge is 2.33. The van der Waals surface area contributed by atoms with Crippen LogP contribution in [-0.2, 0) is 24.9 Å². The van der Waals surface area contributed by atoms with Crippen LogP contribution in [-0.4, -0.2) is 39.9 Å². The highest BCUT2D eigenvalue weighted by atomic mass is 127. The van der Waals surface area contributed by atoms with Gasteiger partial charge in [-0.3, -0.25) is 0 Å². The lowest BCUT2D eigenvalue weighted by Crippen LogP contribution is -2.22. The van der Waals surface area contributed by atoms with Crippen LogP contribution in [0.4, 0.5) is 22.0 Å². The summed E-state index contributed by atoms with van der Waals surface area (Å²) < 4.78 is 138. The standard InChI is InChI=1S/C21H11F5INO9S2/c22-15-16(23)18(25)20(19(26)17(15)24)38(31,32)28-21(30)9-1-3-10(4-2-9)37-14(29)8-36-11-5-6-13(12(27)7-11)39(33,34)35/h1-7H,8H2,(H,28,30)(H,33,34,35)/p-2. The van der Waals surface area contributed by atoms with E-state index in [2.05, 4.69) is 4.40 Å².